The number of benzene rings is 2. The largest absolute Gasteiger partial charge is 0.444 e. The molecule has 0 saturated carbocycles. The zero-order chi connectivity index (χ0) is 25.0. The van der Waals surface area contributed by atoms with Gasteiger partial charge in [-0.2, -0.15) is 0 Å². The molecule has 0 N–H and O–H groups in total. The summed E-state index contributed by atoms with van der Waals surface area (Å²) >= 11 is 0. The molecule has 0 bridgehead atoms. The van der Waals surface area contributed by atoms with Gasteiger partial charge in [0.1, 0.15) is 11.9 Å². The summed E-state index contributed by atoms with van der Waals surface area (Å²) in [6, 6.07) is 20.2. The third-order valence-electron chi connectivity index (χ3n) is 6.46. The first-order valence-electron chi connectivity index (χ1n) is 12.2. The number of piperidine rings is 1. The lowest BCUT2D eigenvalue weighted by Crippen LogP contribution is -2.68. The van der Waals surface area contributed by atoms with E-state index < -0.39 is 26.1 Å². The molecule has 2 aromatic carbocycles. The zero-order valence-electron chi connectivity index (χ0n) is 21.4. The van der Waals surface area contributed by atoms with Crippen molar-refractivity contribution in [2.24, 2.45) is 0 Å². The molecule has 2 aromatic rings. The van der Waals surface area contributed by atoms with Crippen LogP contribution in [0.15, 0.2) is 60.7 Å². The van der Waals surface area contributed by atoms with Crippen LogP contribution >= 0.6 is 0 Å². The van der Waals surface area contributed by atoms with Crippen molar-refractivity contribution in [3.63, 3.8) is 0 Å². The Morgan fingerprint density at radius 3 is 1.91 bits per heavy atom. The van der Waals surface area contributed by atoms with Crippen LogP contribution in [-0.2, 0) is 14.0 Å². The van der Waals surface area contributed by atoms with E-state index in [4.69, 9.17) is 9.16 Å². The number of hydrogen-bond acceptors (Lipinski definition) is 4. The average molecular weight is 482 g/mol. The minimum atomic E-state index is -2.74. The van der Waals surface area contributed by atoms with Crippen LogP contribution in [0.4, 0.5) is 4.79 Å². The highest BCUT2D eigenvalue weighted by Gasteiger charge is 2.51. The molecule has 1 saturated heterocycles. The number of rotatable bonds is 6. The fourth-order valence-corrected chi connectivity index (χ4v) is 9.59. The molecule has 1 heterocycles. The summed E-state index contributed by atoms with van der Waals surface area (Å²) in [5.74, 6) is 0. The molecule has 0 spiro atoms. The third-order valence-corrected chi connectivity index (χ3v) is 11.5. The van der Waals surface area contributed by atoms with Crippen LogP contribution in [0.25, 0.3) is 0 Å². The maximum atomic E-state index is 13.2. The van der Waals surface area contributed by atoms with E-state index in [9.17, 15) is 9.59 Å². The monoisotopic (exact) mass is 481 g/mol. The number of ether oxygens (including phenoxy) is 1. The molecule has 6 heteroatoms. The van der Waals surface area contributed by atoms with Crippen LogP contribution in [0, 0.1) is 0 Å². The first-order valence-corrected chi connectivity index (χ1v) is 14.1. The minimum absolute atomic E-state index is 0.162. The number of carbonyl (C=O) groups is 2. The molecule has 5 nitrogen and oxygen atoms in total. The highest BCUT2D eigenvalue weighted by atomic mass is 28.4. The number of hydrogen-bond donors (Lipinski definition) is 0. The molecule has 1 amide bonds. The Bertz CT molecular complexity index is 910. The van der Waals surface area contributed by atoms with Crippen LogP contribution in [0.2, 0.25) is 5.04 Å². The molecule has 3 rings (SSSR count). The van der Waals surface area contributed by atoms with E-state index in [1.54, 1.807) is 4.90 Å². The van der Waals surface area contributed by atoms with E-state index in [-0.39, 0.29) is 11.1 Å². The van der Waals surface area contributed by atoms with Crippen molar-refractivity contribution >= 4 is 31.1 Å². The van der Waals surface area contributed by atoms with Gasteiger partial charge in [0.25, 0.3) is 8.32 Å². The summed E-state index contributed by atoms with van der Waals surface area (Å²) in [7, 11) is -2.74. The third kappa shape index (κ3) is 5.61. The maximum Gasteiger partial charge on any atom is 0.411 e. The lowest BCUT2D eigenvalue weighted by atomic mass is 9.97. The fourth-order valence-electron chi connectivity index (χ4n) is 4.99. The van der Waals surface area contributed by atoms with Gasteiger partial charge in [0.05, 0.1) is 18.7 Å². The highest BCUT2D eigenvalue weighted by molar-refractivity contribution is 6.99. The van der Waals surface area contributed by atoms with Crippen LogP contribution in [0.1, 0.15) is 60.8 Å². The summed E-state index contributed by atoms with van der Waals surface area (Å²) in [5.41, 5.74) is -0.634. The molecule has 2 atom stereocenters. The van der Waals surface area contributed by atoms with Gasteiger partial charge in [0.2, 0.25) is 0 Å². The zero-order valence-corrected chi connectivity index (χ0v) is 22.4. The average Bonchev–Trinajstić information content (AvgIpc) is 2.78. The predicted molar refractivity (Wildman–Crippen MR) is 139 cm³/mol. The first kappa shape index (κ1) is 26.2. The molecule has 184 valence electrons. The van der Waals surface area contributed by atoms with Gasteiger partial charge in [-0.15, -0.1) is 0 Å². The Morgan fingerprint density at radius 1 is 0.941 bits per heavy atom. The van der Waals surface area contributed by atoms with Crippen LogP contribution in [0.5, 0.6) is 0 Å². The summed E-state index contributed by atoms with van der Waals surface area (Å²) in [6.07, 6.45) is 2.73. The number of likely N-dealkylation sites (tertiary alicyclic amines) is 1. The van der Waals surface area contributed by atoms with E-state index in [0.717, 1.165) is 19.1 Å². The Hall–Kier alpha value is -2.44. The second kappa shape index (κ2) is 10.4. The SMILES string of the molecule is CC(C)(C)OC(=O)N1C(C=O)CCCC1CO[Si](c1ccccc1)(c1ccccc1)C(C)(C)C. The molecule has 34 heavy (non-hydrogen) atoms. The van der Waals surface area contributed by atoms with Gasteiger partial charge in [-0.1, -0.05) is 81.4 Å². The van der Waals surface area contributed by atoms with Gasteiger partial charge in [-0.3, -0.25) is 4.90 Å². The van der Waals surface area contributed by atoms with Crippen molar-refractivity contribution in [1.29, 1.82) is 0 Å². The Morgan fingerprint density at radius 2 is 1.47 bits per heavy atom. The van der Waals surface area contributed by atoms with E-state index in [0.29, 0.717) is 13.0 Å². The van der Waals surface area contributed by atoms with E-state index in [1.807, 2.05) is 32.9 Å². The molecule has 1 aliphatic heterocycles. The van der Waals surface area contributed by atoms with Gasteiger partial charge in [-0.25, -0.2) is 4.79 Å². The van der Waals surface area contributed by atoms with E-state index >= 15 is 0 Å². The Labute approximate surface area is 205 Å². The number of carbonyl (C=O) groups excluding carboxylic acids is 2. The number of nitrogens with zero attached hydrogens (tertiary/aromatic N) is 1. The predicted octanol–water partition coefficient (Wildman–Crippen LogP) is 4.92. The normalized spacial score (nSPS) is 19.5. The summed E-state index contributed by atoms with van der Waals surface area (Å²) in [4.78, 5) is 26.7. The van der Waals surface area contributed by atoms with Crippen LogP contribution < -0.4 is 10.4 Å². The standard InChI is InChI=1S/C28H39NO4Si/c1-27(2,3)33-26(31)29-22(20-30)14-13-15-23(29)21-32-34(28(4,5)6,24-16-9-7-10-17-24)25-18-11-8-12-19-25/h7-12,16-20,22-23H,13-15,21H2,1-6H3. The van der Waals surface area contributed by atoms with Crippen molar-refractivity contribution in [2.75, 3.05) is 6.61 Å². The molecule has 1 fully saturated rings. The molecule has 0 aliphatic carbocycles. The molecule has 0 radical (unpaired) electrons. The van der Waals surface area contributed by atoms with Gasteiger partial charge in [-0.05, 0) is 55.4 Å². The summed E-state index contributed by atoms with van der Waals surface area (Å²) in [5, 5.41) is 2.23. The second-order valence-corrected chi connectivity index (χ2v) is 15.5. The maximum absolute atomic E-state index is 13.2. The smallest absolute Gasteiger partial charge is 0.411 e. The topological polar surface area (TPSA) is 55.8 Å². The first-order chi connectivity index (χ1) is 16.0. The van der Waals surface area contributed by atoms with Gasteiger partial charge in [0, 0.05) is 0 Å². The van der Waals surface area contributed by atoms with Crippen molar-refractivity contribution in [3.8, 4) is 0 Å². The van der Waals surface area contributed by atoms with E-state index in [2.05, 4.69) is 69.3 Å². The summed E-state index contributed by atoms with van der Waals surface area (Å²) < 4.78 is 12.8. The number of amides is 1. The van der Waals surface area contributed by atoms with Crippen molar-refractivity contribution in [2.45, 2.75) is 83.5 Å². The van der Waals surface area contributed by atoms with E-state index in [1.165, 1.54) is 10.4 Å². The van der Waals surface area contributed by atoms with Gasteiger partial charge in [0.15, 0.2) is 0 Å². The fraction of sp³-hybridized carbons (Fsp3) is 0.500. The summed E-state index contributed by atoms with van der Waals surface area (Å²) in [6.45, 7) is 12.6. The van der Waals surface area contributed by atoms with Gasteiger partial charge >= 0.3 is 6.09 Å². The lowest BCUT2D eigenvalue weighted by Gasteiger charge is -2.46. The number of aldehydes is 1. The molecular weight excluding hydrogens is 442 g/mol. The van der Waals surface area contributed by atoms with Crippen molar-refractivity contribution < 1.29 is 18.8 Å². The highest BCUT2D eigenvalue weighted by Crippen LogP contribution is 2.37. The van der Waals surface area contributed by atoms with Crippen molar-refractivity contribution in [1.82, 2.24) is 4.90 Å². The second-order valence-electron chi connectivity index (χ2n) is 11.2. The molecular formula is C28H39NO4Si. The molecule has 2 unspecified atom stereocenters. The van der Waals surface area contributed by atoms with Crippen LogP contribution in [0.3, 0.4) is 0 Å². The minimum Gasteiger partial charge on any atom is -0.444 e. The Kier molecular flexibility index (Phi) is 8.04. The van der Waals surface area contributed by atoms with Crippen molar-refractivity contribution in [3.05, 3.63) is 60.7 Å². The quantitative estimate of drug-likeness (QED) is 0.434. The Balaban J connectivity index is 2.01. The van der Waals surface area contributed by atoms with Crippen LogP contribution in [-0.4, -0.2) is 49.9 Å². The van der Waals surface area contributed by atoms with Gasteiger partial charge < -0.3 is 14.0 Å². The molecule has 1 aliphatic rings. The lowest BCUT2D eigenvalue weighted by molar-refractivity contribution is -0.115. The molecule has 0 aromatic heterocycles.